The van der Waals surface area contributed by atoms with E-state index >= 15 is 0 Å². The number of aldehydes is 1. The van der Waals surface area contributed by atoms with E-state index < -0.39 is 0 Å². The van der Waals surface area contributed by atoms with Crippen LogP contribution in [0.1, 0.15) is 128 Å². The van der Waals surface area contributed by atoms with Gasteiger partial charge < -0.3 is 14.8 Å². The maximum absolute atomic E-state index is 12.6. The van der Waals surface area contributed by atoms with Crippen LogP contribution in [0.2, 0.25) is 5.02 Å². The summed E-state index contributed by atoms with van der Waals surface area (Å²) in [5, 5.41) is 3.47. The SMILES string of the molecule is COc1c(C(C)C)cc(C=C2C(=O)Nc3c(Cl)cc(C)cc32)cc1C(C)C.COc1c(C(C)C)cc(C=O)cc1C(C)C. The third kappa shape index (κ3) is 7.51. The predicted octanol–water partition coefficient (Wildman–Crippen LogP) is 10.2. The molecule has 6 heteroatoms. The van der Waals surface area contributed by atoms with Crippen molar-refractivity contribution in [3.63, 3.8) is 0 Å². The summed E-state index contributed by atoms with van der Waals surface area (Å²) in [6.45, 7) is 19.0. The number of carbonyl (C=O) groups excluding carboxylic acids is 2. The van der Waals surface area contributed by atoms with Crippen molar-refractivity contribution >= 4 is 41.1 Å². The monoisotopic (exact) mass is 603 g/mol. The minimum atomic E-state index is -0.120. The zero-order valence-corrected chi connectivity index (χ0v) is 28.2. The second kappa shape index (κ2) is 14.3. The Morgan fingerprint density at radius 1 is 0.698 bits per heavy atom. The quantitative estimate of drug-likeness (QED) is 0.205. The number of aryl methyl sites for hydroxylation is 1. The van der Waals surface area contributed by atoms with E-state index in [9.17, 15) is 9.59 Å². The molecule has 0 aromatic heterocycles. The zero-order valence-electron chi connectivity index (χ0n) is 27.4. The van der Waals surface area contributed by atoms with Crippen molar-refractivity contribution in [1.29, 1.82) is 0 Å². The number of hydrogen-bond acceptors (Lipinski definition) is 4. The van der Waals surface area contributed by atoms with Gasteiger partial charge in [0.1, 0.15) is 17.8 Å². The van der Waals surface area contributed by atoms with Gasteiger partial charge >= 0.3 is 0 Å². The van der Waals surface area contributed by atoms with Crippen molar-refractivity contribution in [2.24, 2.45) is 0 Å². The number of fused-ring (bicyclic) bond motifs is 1. The number of halogens is 1. The molecule has 0 radical (unpaired) electrons. The summed E-state index contributed by atoms with van der Waals surface area (Å²) < 4.78 is 11.2. The van der Waals surface area contributed by atoms with E-state index in [0.717, 1.165) is 62.3 Å². The van der Waals surface area contributed by atoms with E-state index in [2.05, 4.69) is 72.8 Å². The van der Waals surface area contributed by atoms with Crippen LogP contribution in [0.5, 0.6) is 11.5 Å². The fourth-order valence-electron chi connectivity index (χ4n) is 5.43. The van der Waals surface area contributed by atoms with Crippen molar-refractivity contribution in [1.82, 2.24) is 0 Å². The minimum Gasteiger partial charge on any atom is -0.496 e. The van der Waals surface area contributed by atoms with Crippen LogP contribution in [0, 0.1) is 6.92 Å². The second-order valence-electron chi connectivity index (χ2n) is 12.4. The predicted molar refractivity (Wildman–Crippen MR) is 180 cm³/mol. The number of benzene rings is 3. The van der Waals surface area contributed by atoms with Crippen LogP contribution in [0.4, 0.5) is 5.69 Å². The topological polar surface area (TPSA) is 64.6 Å². The highest BCUT2D eigenvalue weighted by atomic mass is 35.5. The standard InChI is InChI=1S/C23H26ClNO2.C14H20O2/c1-12(2)16-9-15(10-17(13(3)4)22(16)27-6)11-19-18-7-14(5)8-20(24)21(18)25-23(19)26;1-9(2)12-6-11(8-15)7-13(10(3)4)14(12)16-5/h7-13H,1-6H3,(H,25,26);6-10H,1-5H3. The molecule has 1 N–H and O–H groups in total. The van der Waals surface area contributed by atoms with E-state index in [-0.39, 0.29) is 5.91 Å². The normalized spacial score (nSPS) is 13.4. The summed E-state index contributed by atoms with van der Waals surface area (Å²) in [4.78, 5) is 23.5. The van der Waals surface area contributed by atoms with Crippen LogP contribution in [-0.4, -0.2) is 26.4 Å². The average Bonchev–Trinajstić information content (AvgIpc) is 3.26. The molecular weight excluding hydrogens is 558 g/mol. The van der Waals surface area contributed by atoms with Crippen molar-refractivity contribution in [2.75, 3.05) is 19.5 Å². The molecule has 0 aliphatic carbocycles. The van der Waals surface area contributed by atoms with E-state index in [4.69, 9.17) is 21.1 Å². The van der Waals surface area contributed by atoms with Gasteiger partial charge in [-0.25, -0.2) is 0 Å². The van der Waals surface area contributed by atoms with Crippen molar-refractivity contribution in [3.05, 3.63) is 85.9 Å². The Bertz CT molecular complexity index is 1470. The Morgan fingerprint density at radius 3 is 1.49 bits per heavy atom. The first-order chi connectivity index (χ1) is 20.2. The lowest BCUT2D eigenvalue weighted by Crippen LogP contribution is -2.04. The molecule has 0 saturated heterocycles. The summed E-state index contributed by atoms with van der Waals surface area (Å²) in [5.74, 6) is 3.09. The molecule has 43 heavy (non-hydrogen) atoms. The summed E-state index contributed by atoms with van der Waals surface area (Å²) >= 11 is 6.32. The molecule has 0 spiro atoms. The number of carbonyl (C=O) groups is 2. The van der Waals surface area contributed by atoms with Crippen LogP contribution in [0.25, 0.3) is 11.6 Å². The summed E-state index contributed by atoms with van der Waals surface area (Å²) in [7, 11) is 3.41. The van der Waals surface area contributed by atoms with Gasteiger partial charge in [-0.3, -0.25) is 9.59 Å². The van der Waals surface area contributed by atoms with Crippen molar-refractivity contribution in [2.45, 2.75) is 86.0 Å². The third-order valence-electron chi connectivity index (χ3n) is 7.69. The first kappa shape index (κ1) is 33.9. The van der Waals surface area contributed by atoms with Crippen molar-refractivity contribution in [3.8, 4) is 11.5 Å². The summed E-state index contributed by atoms with van der Waals surface area (Å²) in [6, 6.07) is 11.9. The molecule has 3 aromatic carbocycles. The third-order valence-corrected chi connectivity index (χ3v) is 7.99. The van der Waals surface area contributed by atoms with Crippen LogP contribution in [-0.2, 0) is 4.79 Å². The van der Waals surface area contributed by atoms with Crippen LogP contribution >= 0.6 is 11.6 Å². The minimum absolute atomic E-state index is 0.120. The van der Waals surface area contributed by atoms with Gasteiger partial charge in [0.15, 0.2) is 0 Å². The maximum Gasteiger partial charge on any atom is 0.256 e. The Balaban J connectivity index is 0.000000271. The van der Waals surface area contributed by atoms with Gasteiger partial charge in [0.25, 0.3) is 5.91 Å². The number of anilines is 1. The average molecular weight is 604 g/mol. The highest BCUT2D eigenvalue weighted by Gasteiger charge is 2.27. The lowest BCUT2D eigenvalue weighted by molar-refractivity contribution is -0.110. The molecule has 1 amide bonds. The van der Waals surface area contributed by atoms with Crippen molar-refractivity contribution < 1.29 is 19.1 Å². The molecule has 0 saturated carbocycles. The van der Waals surface area contributed by atoms with Gasteiger partial charge in [0, 0.05) is 16.7 Å². The van der Waals surface area contributed by atoms with Crippen LogP contribution in [0.3, 0.4) is 0 Å². The largest absolute Gasteiger partial charge is 0.496 e. The van der Waals surface area contributed by atoms with Gasteiger partial charge in [-0.05, 0) is 106 Å². The van der Waals surface area contributed by atoms with Crippen LogP contribution < -0.4 is 14.8 Å². The Morgan fingerprint density at radius 2 is 1.12 bits per heavy atom. The van der Waals surface area contributed by atoms with Crippen LogP contribution in [0.15, 0.2) is 36.4 Å². The molecule has 0 fully saturated rings. The number of rotatable bonds is 8. The van der Waals surface area contributed by atoms with E-state index in [1.54, 1.807) is 14.2 Å². The molecule has 230 valence electrons. The Hall–Kier alpha value is -3.57. The van der Waals surface area contributed by atoms with Gasteiger partial charge in [-0.1, -0.05) is 67.0 Å². The molecule has 1 aliphatic heterocycles. The molecule has 4 rings (SSSR count). The first-order valence-electron chi connectivity index (χ1n) is 15.0. The lowest BCUT2D eigenvalue weighted by atomic mass is 9.90. The number of amides is 1. The second-order valence-corrected chi connectivity index (χ2v) is 12.8. The molecule has 0 bridgehead atoms. The highest BCUT2D eigenvalue weighted by Crippen LogP contribution is 2.41. The molecule has 3 aromatic rings. The molecular formula is C37H46ClNO4. The molecule has 0 unspecified atom stereocenters. The van der Waals surface area contributed by atoms with Gasteiger partial charge in [0.05, 0.1) is 24.9 Å². The Labute approximate surface area is 262 Å². The first-order valence-corrected chi connectivity index (χ1v) is 15.3. The number of hydrogen-bond donors (Lipinski definition) is 1. The number of methoxy groups -OCH3 is 2. The molecule has 1 aliphatic rings. The smallest absolute Gasteiger partial charge is 0.256 e. The maximum atomic E-state index is 12.6. The van der Waals surface area contributed by atoms with E-state index in [1.807, 2.05) is 37.3 Å². The van der Waals surface area contributed by atoms with Gasteiger partial charge in [-0.15, -0.1) is 0 Å². The molecule has 0 atom stereocenters. The Kier molecular flexibility index (Phi) is 11.3. The molecule has 5 nitrogen and oxygen atoms in total. The molecule has 1 heterocycles. The highest BCUT2D eigenvalue weighted by molar-refractivity contribution is 6.41. The number of nitrogens with one attached hydrogen (secondary N) is 1. The lowest BCUT2D eigenvalue weighted by Gasteiger charge is -2.19. The fraction of sp³-hybridized carbons (Fsp3) is 0.405. The fourth-order valence-corrected chi connectivity index (χ4v) is 5.75. The zero-order chi connectivity index (χ0) is 32.2. The summed E-state index contributed by atoms with van der Waals surface area (Å²) in [5.41, 5.74) is 9.47. The van der Waals surface area contributed by atoms with E-state index in [1.165, 1.54) is 0 Å². The van der Waals surface area contributed by atoms with Gasteiger partial charge in [0.2, 0.25) is 0 Å². The summed E-state index contributed by atoms with van der Waals surface area (Å²) in [6.07, 6.45) is 2.85. The van der Waals surface area contributed by atoms with E-state index in [0.29, 0.717) is 40.0 Å². The van der Waals surface area contributed by atoms with Gasteiger partial charge in [-0.2, -0.15) is 0 Å². The number of ether oxygens (including phenoxy) is 2.